The number of hydrogen-bond acceptors (Lipinski definition) is 8. The summed E-state index contributed by atoms with van der Waals surface area (Å²) in [4.78, 5) is 53.7. The van der Waals surface area contributed by atoms with Gasteiger partial charge >= 0.3 is 17.9 Å². The van der Waals surface area contributed by atoms with E-state index in [1.54, 1.807) is 20.8 Å². The van der Waals surface area contributed by atoms with Crippen LogP contribution >= 0.6 is 31.9 Å². The number of carbonyl (C=O) groups excluding carboxylic acids is 3. The molecule has 0 aliphatic heterocycles. The average Bonchev–Trinajstić information content (AvgIpc) is 2.88. The molecule has 0 saturated carbocycles. The number of aromatic nitrogens is 1. The van der Waals surface area contributed by atoms with Gasteiger partial charge in [0.1, 0.15) is 17.2 Å². The summed E-state index contributed by atoms with van der Waals surface area (Å²) in [6.45, 7) is 5.37. The van der Waals surface area contributed by atoms with Crippen LogP contribution in [0.4, 0.5) is 14.5 Å². The van der Waals surface area contributed by atoms with E-state index in [0.29, 0.717) is 11.2 Å². The highest BCUT2D eigenvalue weighted by Crippen LogP contribution is 2.22. The molecule has 0 unspecified atom stereocenters. The summed E-state index contributed by atoms with van der Waals surface area (Å²) in [5, 5.41) is 0.112. The first-order chi connectivity index (χ1) is 18.5. The van der Waals surface area contributed by atoms with Crippen molar-refractivity contribution in [3.8, 4) is 0 Å². The summed E-state index contributed by atoms with van der Waals surface area (Å²) >= 11 is 6.05. The largest absolute Gasteiger partial charge is 0.465 e. The molecule has 3 rings (SSSR count). The van der Waals surface area contributed by atoms with Gasteiger partial charge in [0.05, 0.1) is 40.0 Å². The maximum absolute atomic E-state index is 13.4. The van der Waals surface area contributed by atoms with Gasteiger partial charge < -0.3 is 19.2 Å². The molecule has 0 saturated heterocycles. The lowest BCUT2D eigenvalue weighted by atomic mass is 10.1. The summed E-state index contributed by atoms with van der Waals surface area (Å²) in [5.41, 5.74) is 0.155. The third kappa shape index (κ3) is 8.79. The highest BCUT2D eigenvalue weighted by atomic mass is 79.9. The SMILES string of the molecule is CCOC(=O)C(C=Nc1ccc(F)c(Br)c1)C(=O)OCC.CCOC(=O)c1c[nH]c2cc(Br)c(F)cc2c1=O. The smallest absolute Gasteiger partial charge is 0.343 e. The van der Waals surface area contributed by atoms with Crippen LogP contribution in [0.25, 0.3) is 10.9 Å². The first kappa shape index (κ1) is 31.8. The molecule has 13 heteroatoms. The van der Waals surface area contributed by atoms with Crippen LogP contribution in [0.1, 0.15) is 31.1 Å². The van der Waals surface area contributed by atoms with Crippen LogP contribution in [0.3, 0.4) is 0 Å². The number of benzene rings is 2. The Kier molecular flexibility index (Phi) is 12.4. The molecule has 0 radical (unpaired) electrons. The number of aliphatic imine (C=N–C) groups is 1. The van der Waals surface area contributed by atoms with Crippen molar-refractivity contribution in [3.05, 3.63) is 72.9 Å². The molecule has 3 aromatic rings. The molecule has 9 nitrogen and oxygen atoms in total. The van der Waals surface area contributed by atoms with Gasteiger partial charge in [0, 0.05) is 17.8 Å². The van der Waals surface area contributed by atoms with E-state index in [0.717, 1.165) is 12.3 Å². The van der Waals surface area contributed by atoms with E-state index in [1.807, 2.05) is 0 Å². The Morgan fingerprint density at radius 3 is 2.08 bits per heavy atom. The van der Waals surface area contributed by atoms with Gasteiger partial charge in [-0.2, -0.15) is 0 Å². The van der Waals surface area contributed by atoms with Crippen molar-refractivity contribution in [1.82, 2.24) is 4.98 Å². The van der Waals surface area contributed by atoms with E-state index in [-0.39, 0.29) is 39.7 Å². The summed E-state index contributed by atoms with van der Waals surface area (Å²) in [5.74, 6) is -4.42. The molecule has 2 aromatic carbocycles. The predicted molar refractivity (Wildman–Crippen MR) is 147 cm³/mol. The van der Waals surface area contributed by atoms with E-state index in [2.05, 4.69) is 41.8 Å². The number of nitrogens with one attached hydrogen (secondary N) is 1. The lowest BCUT2D eigenvalue weighted by Crippen LogP contribution is -2.29. The van der Waals surface area contributed by atoms with Crippen molar-refractivity contribution in [1.29, 1.82) is 0 Å². The number of rotatable bonds is 8. The second-order valence-corrected chi connectivity index (χ2v) is 9.13. The van der Waals surface area contributed by atoms with E-state index in [4.69, 9.17) is 14.2 Å². The van der Waals surface area contributed by atoms with Crippen LogP contribution in [0.5, 0.6) is 0 Å². The molecule has 1 N–H and O–H groups in total. The van der Waals surface area contributed by atoms with E-state index in [1.165, 1.54) is 30.5 Å². The molecule has 0 fully saturated rings. The maximum Gasteiger partial charge on any atom is 0.343 e. The fourth-order valence-electron chi connectivity index (χ4n) is 2.98. The minimum Gasteiger partial charge on any atom is -0.465 e. The third-order valence-electron chi connectivity index (χ3n) is 4.77. The number of hydrogen-bond donors (Lipinski definition) is 1. The van der Waals surface area contributed by atoms with E-state index in [9.17, 15) is 28.0 Å². The maximum atomic E-state index is 13.4. The molecule has 39 heavy (non-hydrogen) atoms. The number of H-pyrrole nitrogens is 1. The standard InChI is InChI=1S/C14H15BrFNO4.C12H9BrFNO3/c1-3-20-13(18)10(14(19)21-4-2)8-17-9-5-6-12(16)11(15)7-9;1-2-18-12(17)7-5-15-10-4-8(13)9(14)3-6(10)11(7)16/h5-8,10H,3-4H2,1-2H3;3-5H,2H2,1H3,(H,15,16). The lowest BCUT2D eigenvalue weighted by Gasteiger charge is -2.10. The monoisotopic (exact) mass is 672 g/mol. The lowest BCUT2D eigenvalue weighted by molar-refractivity contribution is -0.157. The van der Waals surface area contributed by atoms with Gasteiger partial charge in [-0.1, -0.05) is 0 Å². The molecular weight excluding hydrogens is 650 g/mol. The fraction of sp³-hybridized carbons (Fsp3) is 0.269. The van der Waals surface area contributed by atoms with Crippen LogP contribution in [0.15, 0.2) is 55.3 Å². The predicted octanol–water partition coefficient (Wildman–Crippen LogP) is 5.64. The Morgan fingerprint density at radius 1 is 0.923 bits per heavy atom. The van der Waals surface area contributed by atoms with Crippen molar-refractivity contribution in [2.75, 3.05) is 19.8 Å². The molecule has 0 bridgehead atoms. The Bertz CT molecular complexity index is 1430. The van der Waals surface area contributed by atoms with Gasteiger partial charge in [-0.05, 0) is 83.0 Å². The van der Waals surface area contributed by atoms with Gasteiger partial charge in [-0.3, -0.25) is 19.4 Å². The van der Waals surface area contributed by atoms with Gasteiger partial charge in [-0.25, -0.2) is 13.6 Å². The highest BCUT2D eigenvalue weighted by Gasteiger charge is 2.27. The Labute approximate surface area is 238 Å². The highest BCUT2D eigenvalue weighted by molar-refractivity contribution is 9.10. The average molecular weight is 674 g/mol. The van der Waals surface area contributed by atoms with Gasteiger partial charge in [0.2, 0.25) is 5.43 Å². The number of fused-ring (bicyclic) bond motifs is 1. The van der Waals surface area contributed by atoms with Crippen molar-refractivity contribution in [3.63, 3.8) is 0 Å². The van der Waals surface area contributed by atoms with Crippen LogP contribution in [-0.2, 0) is 23.8 Å². The van der Waals surface area contributed by atoms with Crippen molar-refractivity contribution >= 4 is 72.6 Å². The molecule has 1 aromatic heterocycles. The zero-order valence-electron chi connectivity index (χ0n) is 21.1. The molecule has 0 aliphatic rings. The molecule has 0 aliphatic carbocycles. The number of carbonyl (C=O) groups is 3. The normalized spacial score (nSPS) is 10.8. The minimum atomic E-state index is -1.24. The second kappa shape index (κ2) is 15.2. The molecule has 0 spiro atoms. The topological polar surface area (TPSA) is 124 Å². The second-order valence-electron chi connectivity index (χ2n) is 7.42. The summed E-state index contributed by atoms with van der Waals surface area (Å²) < 4.78 is 41.3. The van der Waals surface area contributed by atoms with Crippen LogP contribution < -0.4 is 5.43 Å². The summed E-state index contributed by atoms with van der Waals surface area (Å²) in [6, 6.07) is 6.60. The molecule has 0 amide bonds. The zero-order chi connectivity index (χ0) is 29.1. The quantitative estimate of drug-likeness (QED) is 0.142. The van der Waals surface area contributed by atoms with Crippen LogP contribution in [0, 0.1) is 17.6 Å². The first-order valence-electron chi connectivity index (χ1n) is 11.5. The Morgan fingerprint density at radius 2 is 1.51 bits per heavy atom. The van der Waals surface area contributed by atoms with Crippen LogP contribution in [0.2, 0.25) is 0 Å². The number of halogens is 4. The minimum absolute atomic E-state index is 0.112. The van der Waals surface area contributed by atoms with E-state index < -0.39 is 40.9 Å². The molecular formula is C26H24Br2F2N2O7. The van der Waals surface area contributed by atoms with Gasteiger partial charge in [-0.15, -0.1) is 0 Å². The number of ether oxygens (including phenoxy) is 3. The first-order valence-corrected chi connectivity index (χ1v) is 13.1. The third-order valence-corrected chi connectivity index (χ3v) is 5.99. The summed E-state index contributed by atoms with van der Waals surface area (Å²) in [6.07, 6.45) is 2.41. The van der Waals surface area contributed by atoms with Gasteiger partial charge in [0.25, 0.3) is 0 Å². The number of esters is 3. The molecule has 0 atom stereocenters. The fourth-order valence-corrected chi connectivity index (χ4v) is 3.69. The van der Waals surface area contributed by atoms with Crippen LogP contribution in [-0.4, -0.2) is 48.9 Å². The van der Waals surface area contributed by atoms with Gasteiger partial charge in [0.15, 0.2) is 5.92 Å². The molecule has 1 heterocycles. The van der Waals surface area contributed by atoms with Crippen molar-refractivity contribution in [2.24, 2.45) is 10.9 Å². The van der Waals surface area contributed by atoms with Crippen molar-refractivity contribution < 1.29 is 37.4 Å². The number of nitrogens with zero attached hydrogens (tertiary/aromatic N) is 1. The van der Waals surface area contributed by atoms with E-state index >= 15 is 0 Å². The number of aromatic amines is 1. The van der Waals surface area contributed by atoms with Crippen molar-refractivity contribution in [2.45, 2.75) is 20.8 Å². The Hall–Kier alpha value is -3.45. The Balaban J connectivity index is 0.000000276. The molecule has 208 valence electrons. The summed E-state index contributed by atoms with van der Waals surface area (Å²) in [7, 11) is 0. The number of pyridine rings is 1. The zero-order valence-corrected chi connectivity index (χ0v) is 24.2.